The fraction of sp³-hybridized carbons (Fsp3) is 0.632. The van der Waals surface area contributed by atoms with E-state index < -0.39 is 10.0 Å². The lowest BCUT2D eigenvalue weighted by Crippen LogP contribution is -2.64. The minimum atomic E-state index is -3.29. The zero-order chi connectivity index (χ0) is 18.6. The van der Waals surface area contributed by atoms with Gasteiger partial charge in [-0.3, -0.25) is 4.79 Å². The van der Waals surface area contributed by atoms with E-state index in [2.05, 4.69) is 12.1 Å². The van der Waals surface area contributed by atoms with Crippen molar-refractivity contribution in [3.05, 3.63) is 35.9 Å². The van der Waals surface area contributed by atoms with E-state index in [1.165, 1.54) is 11.8 Å². The molecular weight excluding hydrogens is 352 g/mol. The van der Waals surface area contributed by atoms with E-state index in [-0.39, 0.29) is 18.0 Å². The standard InChI is InChI=1S/C19H28N2O4S/c1-26(23,24)21(17-10-12-25-13-11-17)18-14-20(15-18)19(22)9-5-8-16-6-3-2-4-7-16/h2-4,6-7,17-18H,5,8-15H2,1H3. The van der Waals surface area contributed by atoms with Crippen LogP contribution in [0, 0.1) is 0 Å². The summed E-state index contributed by atoms with van der Waals surface area (Å²) in [6.45, 7) is 2.22. The highest BCUT2D eigenvalue weighted by Gasteiger charge is 2.42. The molecule has 26 heavy (non-hydrogen) atoms. The summed E-state index contributed by atoms with van der Waals surface area (Å²) in [6.07, 6.45) is 4.95. The second kappa shape index (κ2) is 8.50. The van der Waals surface area contributed by atoms with Crippen LogP contribution in [0.1, 0.15) is 31.2 Å². The van der Waals surface area contributed by atoms with Gasteiger partial charge in [-0.05, 0) is 31.2 Å². The Balaban J connectivity index is 1.47. The largest absolute Gasteiger partial charge is 0.381 e. The van der Waals surface area contributed by atoms with Crippen molar-refractivity contribution in [1.82, 2.24) is 9.21 Å². The van der Waals surface area contributed by atoms with Gasteiger partial charge < -0.3 is 9.64 Å². The van der Waals surface area contributed by atoms with Gasteiger partial charge in [0.1, 0.15) is 0 Å². The quantitative estimate of drug-likeness (QED) is 0.722. The average Bonchev–Trinajstić information content (AvgIpc) is 2.58. The predicted molar refractivity (Wildman–Crippen MR) is 100 cm³/mol. The molecule has 3 rings (SSSR count). The molecule has 1 aromatic rings. The highest BCUT2D eigenvalue weighted by molar-refractivity contribution is 7.88. The van der Waals surface area contributed by atoms with E-state index in [0.29, 0.717) is 32.7 Å². The van der Waals surface area contributed by atoms with Gasteiger partial charge in [-0.25, -0.2) is 8.42 Å². The lowest BCUT2D eigenvalue weighted by atomic mass is 10.0. The molecule has 0 atom stereocenters. The average molecular weight is 381 g/mol. The van der Waals surface area contributed by atoms with Crippen LogP contribution in [0.2, 0.25) is 0 Å². The van der Waals surface area contributed by atoms with Gasteiger partial charge in [0.2, 0.25) is 15.9 Å². The summed E-state index contributed by atoms with van der Waals surface area (Å²) in [5, 5.41) is 0. The molecule has 0 radical (unpaired) electrons. The molecule has 2 saturated heterocycles. The van der Waals surface area contributed by atoms with Crippen molar-refractivity contribution in [2.75, 3.05) is 32.6 Å². The maximum atomic E-state index is 12.3. The van der Waals surface area contributed by atoms with E-state index in [9.17, 15) is 13.2 Å². The number of hydrogen-bond acceptors (Lipinski definition) is 4. The molecule has 144 valence electrons. The van der Waals surface area contributed by atoms with Gasteiger partial charge in [-0.2, -0.15) is 4.31 Å². The summed E-state index contributed by atoms with van der Waals surface area (Å²) in [7, 11) is -3.29. The first-order valence-corrected chi connectivity index (χ1v) is 11.2. The summed E-state index contributed by atoms with van der Waals surface area (Å²) in [5.41, 5.74) is 1.24. The molecule has 2 aliphatic rings. The molecule has 7 heteroatoms. The Morgan fingerprint density at radius 2 is 1.81 bits per heavy atom. The number of nitrogens with zero attached hydrogens (tertiary/aromatic N) is 2. The summed E-state index contributed by atoms with van der Waals surface area (Å²) in [4.78, 5) is 14.1. The zero-order valence-corrected chi connectivity index (χ0v) is 16.2. The highest BCUT2D eigenvalue weighted by Crippen LogP contribution is 2.26. The molecule has 0 aliphatic carbocycles. The number of amides is 1. The topological polar surface area (TPSA) is 66.9 Å². The smallest absolute Gasteiger partial charge is 0.222 e. The summed E-state index contributed by atoms with van der Waals surface area (Å²) < 4.78 is 31.5. The number of aryl methyl sites for hydroxylation is 1. The normalized spacial score (nSPS) is 19.5. The fourth-order valence-electron chi connectivity index (χ4n) is 3.85. The van der Waals surface area contributed by atoms with Gasteiger partial charge in [-0.15, -0.1) is 0 Å². The van der Waals surface area contributed by atoms with Crippen LogP contribution >= 0.6 is 0 Å². The molecule has 6 nitrogen and oxygen atoms in total. The molecule has 0 aromatic heterocycles. The van der Waals surface area contributed by atoms with E-state index in [4.69, 9.17) is 4.74 Å². The number of sulfonamides is 1. The third-order valence-electron chi connectivity index (χ3n) is 5.21. The molecule has 2 fully saturated rings. The molecule has 0 saturated carbocycles. The number of rotatable bonds is 7. The minimum absolute atomic E-state index is 0.000849. The van der Waals surface area contributed by atoms with Crippen molar-refractivity contribution in [1.29, 1.82) is 0 Å². The second-order valence-corrected chi connectivity index (χ2v) is 9.12. The molecule has 2 heterocycles. The van der Waals surface area contributed by atoms with E-state index >= 15 is 0 Å². The van der Waals surface area contributed by atoms with Crippen molar-refractivity contribution < 1.29 is 17.9 Å². The summed E-state index contributed by atoms with van der Waals surface area (Å²) >= 11 is 0. The molecule has 2 aliphatic heterocycles. The van der Waals surface area contributed by atoms with Crippen molar-refractivity contribution in [3.8, 4) is 0 Å². The van der Waals surface area contributed by atoms with Crippen LogP contribution in [0.5, 0.6) is 0 Å². The van der Waals surface area contributed by atoms with Crippen LogP contribution in [0.15, 0.2) is 30.3 Å². The van der Waals surface area contributed by atoms with E-state index in [0.717, 1.165) is 25.7 Å². The van der Waals surface area contributed by atoms with Crippen molar-refractivity contribution >= 4 is 15.9 Å². The van der Waals surface area contributed by atoms with Crippen molar-refractivity contribution in [2.24, 2.45) is 0 Å². The molecular formula is C19H28N2O4S. The van der Waals surface area contributed by atoms with Crippen LogP contribution < -0.4 is 0 Å². The third-order valence-corrected chi connectivity index (χ3v) is 6.57. The summed E-state index contributed by atoms with van der Waals surface area (Å²) in [5.74, 6) is 0.123. The first-order chi connectivity index (χ1) is 12.4. The first kappa shape index (κ1) is 19.3. The maximum absolute atomic E-state index is 12.3. The molecule has 0 spiro atoms. The van der Waals surface area contributed by atoms with Crippen molar-refractivity contribution in [3.63, 3.8) is 0 Å². The van der Waals surface area contributed by atoms with Crippen LogP contribution in [0.25, 0.3) is 0 Å². The SMILES string of the molecule is CS(=O)(=O)N(C1CCOCC1)C1CN(C(=O)CCCc2ccccc2)C1. The van der Waals surface area contributed by atoms with Gasteiger partial charge in [0.05, 0.1) is 12.3 Å². The van der Waals surface area contributed by atoms with Gasteiger partial charge in [-0.1, -0.05) is 30.3 Å². The zero-order valence-electron chi connectivity index (χ0n) is 15.3. The predicted octanol–water partition coefficient (Wildman–Crippen LogP) is 1.66. The second-order valence-electron chi connectivity index (χ2n) is 7.23. The van der Waals surface area contributed by atoms with E-state index in [1.54, 1.807) is 9.21 Å². The molecule has 1 aromatic carbocycles. The Morgan fingerprint density at radius 3 is 2.42 bits per heavy atom. The Bertz CT molecular complexity index is 696. The number of carbonyl (C=O) groups excluding carboxylic acids is 1. The summed E-state index contributed by atoms with van der Waals surface area (Å²) in [6, 6.07) is 10.1. The number of hydrogen-bond donors (Lipinski definition) is 0. The minimum Gasteiger partial charge on any atom is -0.381 e. The maximum Gasteiger partial charge on any atom is 0.222 e. The molecule has 0 unspecified atom stereocenters. The van der Waals surface area contributed by atoms with Crippen LogP contribution in [0.3, 0.4) is 0 Å². The Kier molecular flexibility index (Phi) is 6.32. The van der Waals surface area contributed by atoms with E-state index in [1.807, 2.05) is 18.2 Å². The van der Waals surface area contributed by atoms with Gasteiger partial charge in [0.15, 0.2) is 0 Å². The third kappa shape index (κ3) is 4.84. The van der Waals surface area contributed by atoms with Gasteiger partial charge >= 0.3 is 0 Å². The molecule has 1 amide bonds. The van der Waals surface area contributed by atoms with Gasteiger partial charge in [0, 0.05) is 38.8 Å². The molecule has 0 N–H and O–H groups in total. The number of carbonyl (C=O) groups is 1. The number of likely N-dealkylation sites (tertiary alicyclic amines) is 1. The lowest BCUT2D eigenvalue weighted by molar-refractivity contribution is -0.138. The fourth-order valence-corrected chi connectivity index (χ4v) is 5.27. The highest BCUT2D eigenvalue weighted by atomic mass is 32.2. The Hall–Kier alpha value is -1.44. The first-order valence-electron chi connectivity index (χ1n) is 9.33. The molecule has 0 bridgehead atoms. The Labute approximate surface area is 156 Å². The van der Waals surface area contributed by atoms with Crippen LogP contribution in [0.4, 0.5) is 0 Å². The Morgan fingerprint density at radius 1 is 1.15 bits per heavy atom. The van der Waals surface area contributed by atoms with Crippen LogP contribution in [-0.4, -0.2) is 68.2 Å². The number of ether oxygens (including phenoxy) is 1. The van der Waals surface area contributed by atoms with Crippen molar-refractivity contribution in [2.45, 2.75) is 44.2 Å². The lowest BCUT2D eigenvalue weighted by Gasteiger charge is -2.47. The monoisotopic (exact) mass is 380 g/mol. The number of benzene rings is 1. The van der Waals surface area contributed by atoms with Gasteiger partial charge in [0.25, 0.3) is 0 Å². The van der Waals surface area contributed by atoms with Crippen LogP contribution in [-0.2, 0) is 26.0 Å².